The molecule has 4 heterocycles. The van der Waals surface area contributed by atoms with E-state index in [-0.39, 0.29) is 35.6 Å². The largest absolute Gasteiger partial charge is 0.441 e. The van der Waals surface area contributed by atoms with Crippen molar-refractivity contribution >= 4 is 34.6 Å². The summed E-state index contributed by atoms with van der Waals surface area (Å²) in [5.74, 6) is -2.80. The van der Waals surface area contributed by atoms with Crippen molar-refractivity contribution < 1.29 is 32.5 Å². The van der Waals surface area contributed by atoms with Crippen LogP contribution in [0, 0.1) is 11.8 Å². The van der Waals surface area contributed by atoms with Crippen LogP contribution in [0.3, 0.4) is 0 Å². The van der Waals surface area contributed by atoms with Crippen LogP contribution in [-0.4, -0.2) is 66.0 Å². The fraction of sp³-hybridized carbons (Fsp3) is 0.393. The van der Waals surface area contributed by atoms with Crippen LogP contribution >= 0.6 is 11.3 Å². The van der Waals surface area contributed by atoms with Gasteiger partial charge in [0.15, 0.2) is 24.0 Å². The topological polar surface area (TPSA) is 150 Å². The van der Waals surface area contributed by atoms with E-state index in [1.165, 1.54) is 36.1 Å². The predicted molar refractivity (Wildman–Crippen MR) is 153 cm³/mol. The summed E-state index contributed by atoms with van der Waals surface area (Å²) in [4.78, 5) is 33.3. The molecule has 0 radical (unpaired) electrons. The zero-order chi connectivity index (χ0) is 30.7. The van der Waals surface area contributed by atoms with Crippen molar-refractivity contribution in [1.29, 1.82) is 0 Å². The third kappa shape index (κ3) is 7.06. The highest BCUT2D eigenvalue weighted by Gasteiger charge is 2.33. The van der Waals surface area contributed by atoms with Gasteiger partial charge in [0, 0.05) is 41.7 Å². The second kappa shape index (κ2) is 12.6. The summed E-state index contributed by atoms with van der Waals surface area (Å²) in [5, 5.41) is 13.5. The number of carbonyl (C=O) groups excluding carboxylic acids is 2. The third-order valence-electron chi connectivity index (χ3n) is 6.71. The Kier molecular flexibility index (Phi) is 8.84. The zero-order valence-electron chi connectivity index (χ0n) is 23.8. The fourth-order valence-corrected chi connectivity index (χ4v) is 5.27. The molecule has 1 saturated carbocycles. The molecule has 0 unspecified atom stereocenters. The van der Waals surface area contributed by atoms with Crippen LogP contribution in [0.2, 0.25) is 0 Å². The maximum Gasteiger partial charge on any atom is 0.327 e. The Morgan fingerprint density at radius 1 is 1.23 bits per heavy atom. The van der Waals surface area contributed by atoms with E-state index in [4.69, 9.17) is 15.2 Å². The number of hydrazone groups is 1. The number of ether oxygens (including phenoxy) is 2. The zero-order valence-corrected chi connectivity index (χ0v) is 24.7. The molecule has 0 saturated heterocycles. The molecule has 3 aromatic heterocycles. The van der Waals surface area contributed by atoms with E-state index in [0.717, 1.165) is 30.7 Å². The highest BCUT2D eigenvalue weighted by Crippen LogP contribution is 2.25. The molecule has 12 nitrogen and oxygen atoms in total. The van der Waals surface area contributed by atoms with Crippen LogP contribution in [0.25, 0.3) is 10.6 Å². The summed E-state index contributed by atoms with van der Waals surface area (Å²) in [6.45, 7) is 5.53. The lowest BCUT2D eigenvalue weighted by molar-refractivity contribution is -0.461. The maximum absolute atomic E-state index is 14.8. The molecule has 1 amide bonds. The van der Waals surface area contributed by atoms with Crippen molar-refractivity contribution in [2.24, 2.45) is 10.8 Å². The average molecular weight is 614 g/mol. The summed E-state index contributed by atoms with van der Waals surface area (Å²) in [6, 6.07) is 1.88. The fourth-order valence-electron chi connectivity index (χ4n) is 4.50. The van der Waals surface area contributed by atoms with Crippen molar-refractivity contribution in [1.82, 2.24) is 25.1 Å². The Labute approximate surface area is 249 Å². The molecule has 5 rings (SSSR count). The van der Waals surface area contributed by atoms with Crippen LogP contribution < -0.4 is 11.1 Å². The second-order valence-corrected chi connectivity index (χ2v) is 11.4. The number of hydrogen-bond acceptors (Lipinski definition) is 10. The Morgan fingerprint density at radius 2 is 2.00 bits per heavy atom. The summed E-state index contributed by atoms with van der Waals surface area (Å²) in [5.41, 5.74) is 6.10. The summed E-state index contributed by atoms with van der Waals surface area (Å²) in [6.07, 6.45) is 7.89. The highest BCUT2D eigenvalue weighted by molar-refractivity contribution is 7.13. The Hall–Kier alpha value is -4.21. The third-order valence-corrected chi connectivity index (χ3v) is 7.60. The predicted octanol–water partition coefficient (Wildman–Crippen LogP) is 3.34. The lowest BCUT2D eigenvalue weighted by Crippen LogP contribution is -2.43. The maximum atomic E-state index is 14.8. The average Bonchev–Trinajstić information content (AvgIpc) is 3.73. The Morgan fingerprint density at radius 3 is 2.72 bits per heavy atom. The SMILES string of the molecule is CCOC1CCC(=[N+]2C=C(NC(=O)c3csc(-c4cnn(COC(=O)C(C)(C)N)c4)n3)C(c3nc(F)ccc3F)=N2)CC1. The van der Waals surface area contributed by atoms with Gasteiger partial charge in [-0.3, -0.25) is 9.59 Å². The van der Waals surface area contributed by atoms with Crippen molar-refractivity contribution in [2.45, 2.75) is 64.8 Å². The quantitative estimate of drug-likeness (QED) is 0.212. The van der Waals surface area contributed by atoms with E-state index < -0.39 is 29.2 Å². The van der Waals surface area contributed by atoms with Gasteiger partial charge in [0.1, 0.15) is 27.6 Å². The van der Waals surface area contributed by atoms with Crippen LogP contribution in [0.15, 0.2) is 46.9 Å². The number of aromatic nitrogens is 4. The molecule has 1 aliphatic carbocycles. The van der Waals surface area contributed by atoms with Gasteiger partial charge in [-0.15, -0.1) is 11.3 Å². The van der Waals surface area contributed by atoms with Crippen LogP contribution in [0.4, 0.5) is 8.78 Å². The van der Waals surface area contributed by atoms with E-state index in [9.17, 15) is 18.4 Å². The van der Waals surface area contributed by atoms with Crippen molar-refractivity contribution in [3.05, 3.63) is 65.0 Å². The first kappa shape index (κ1) is 30.3. The van der Waals surface area contributed by atoms with Gasteiger partial charge in [-0.25, -0.2) is 19.0 Å². The van der Waals surface area contributed by atoms with Crippen molar-refractivity contribution in [2.75, 3.05) is 6.61 Å². The number of hydrogen-bond donors (Lipinski definition) is 2. The van der Waals surface area contributed by atoms with Gasteiger partial charge in [0.05, 0.1) is 12.3 Å². The van der Waals surface area contributed by atoms with Crippen molar-refractivity contribution in [3.8, 4) is 10.6 Å². The monoisotopic (exact) mass is 613 g/mol. The minimum Gasteiger partial charge on any atom is -0.441 e. The minimum atomic E-state index is -1.14. The highest BCUT2D eigenvalue weighted by atomic mass is 32.1. The van der Waals surface area contributed by atoms with Gasteiger partial charge in [0.2, 0.25) is 12.1 Å². The van der Waals surface area contributed by atoms with Gasteiger partial charge >= 0.3 is 5.97 Å². The van der Waals surface area contributed by atoms with E-state index in [2.05, 4.69) is 25.5 Å². The van der Waals surface area contributed by atoms with Gasteiger partial charge < -0.3 is 20.5 Å². The number of amides is 1. The summed E-state index contributed by atoms with van der Waals surface area (Å²) in [7, 11) is 0. The molecule has 226 valence electrons. The smallest absolute Gasteiger partial charge is 0.327 e. The lowest BCUT2D eigenvalue weighted by atomic mass is 9.95. The number of nitrogens with two attached hydrogens (primary N) is 1. The van der Waals surface area contributed by atoms with E-state index >= 15 is 0 Å². The second-order valence-electron chi connectivity index (χ2n) is 10.6. The Bertz CT molecular complexity index is 1630. The number of rotatable bonds is 9. The minimum absolute atomic E-state index is 0.00304. The van der Waals surface area contributed by atoms with Gasteiger partial charge in [-0.1, -0.05) is 4.68 Å². The van der Waals surface area contributed by atoms with Gasteiger partial charge in [-0.05, 0) is 45.7 Å². The molecule has 3 aromatic rings. The number of nitrogens with one attached hydrogen (secondary N) is 1. The van der Waals surface area contributed by atoms with E-state index in [1.54, 1.807) is 22.5 Å². The summed E-state index contributed by atoms with van der Waals surface area (Å²) < 4.78 is 42.7. The number of esters is 1. The molecule has 0 aromatic carbocycles. The first-order valence-electron chi connectivity index (χ1n) is 13.7. The van der Waals surface area contributed by atoms with Crippen LogP contribution in [0.1, 0.15) is 62.6 Å². The molecule has 15 heteroatoms. The van der Waals surface area contributed by atoms with Gasteiger partial charge in [0.25, 0.3) is 5.91 Å². The molecule has 2 aliphatic rings. The number of nitrogens with zero attached hydrogens (tertiary/aromatic N) is 6. The van der Waals surface area contributed by atoms with Crippen LogP contribution in [0.5, 0.6) is 0 Å². The first-order chi connectivity index (χ1) is 20.5. The van der Waals surface area contributed by atoms with E-state index in [1.807, 2.05) is 6.92 Å². The molecule has 0 spiro atoms. The summed E-state index contributed by atoms with van der Waals surface area (Å²) >= 11 is 1.21. The lowest BCUT2D eigenvalue weighted by Gasteiger charge is -2.20. The molecular weight excluding hydrogens is 582 g/mol. The number of allylic oxidation sites excluding steroid dienone is 1. The molecular formula is C28H31F2N8O4S+. The van der Waals surface area contributed by atoms with E-state index in [0.29, 0.717) is 30.0 Å². The molecule has 0 atom stereocenters. The number of carbonyl (C=O) groups is 2. The van der Waals surface area contributed by atoms with Crippen molar-refractivity contribution in [3.63, 3.8) is 0 Å². The molecule has 3 N–H and O–H groups in total. The molecule has 0 bridgehead atoms. The van der Waals surface area contributed by atoms with Gasteiger partial charge in [-0.2, -0.15) is 9.49 Å². The number of pyridine rings is 1. The standard InChI is InChI=1S/C28H30F2N8O4S/c1-4-41-18-7-5-17(6-8-18)38-13-20(24(36-38)23-19(29)9-10-22(30)35-23)33-25(39)21-14-43-26(34-21)16-11-32-37(12-16)15-42-27(40)28(2,3)31/h9-14,18H,4-8,15,31H2,1-3H3/p+1. The first-order valence-corrected chi connectivity index (χ1v) is 14.5. The molecule has 43 heavy (non-hydrogen) atoms. The van der Waals surface area contributed by atoms with Crippen LogP contribution in [-0.2, 0) is 21.0 Å². The molecule has 1 aliphatic heterocycles. The number of halogens is 2. The molecule has 1 fully saturated rings. The normalized spacial score (nSPS) is 17.1. The Balaban J connectivity index is 1.34. The number of thiazole rings is 1.